The molecule has 0 spiro atoms. The fourth-order valence-electron chi connectivity index (χ4n) is 2.77. The van der Waals surface area contributed by atoms with Crippen LogP contribution in [0.1, 0.15) is 24.7 Å². The van der Waals surface area contributed by atoms with Crippen LogP contribution in [0.15, 0.2) is 48.5 Å². The zero-order valence-electron chi connectivity index (χ0n) is 14.7. The molecule has 3 aromatic rings. The molecule has 0 aliphatic heterocycles. The van der Waals surface area contributed by atoms with Crippen molar-refractivity contribution in [3.8, 4) is 5.75 Å². The summed E-state index contributed by atoms with van der Waals surface area (Å²) in [6.45, 7) is 5.52. The zero-order valence-corrected chi connectivity index (χ0v) is 14.7. The molecule has 1 amide bonds. The van der Waals surface area contributed by atoms with Crippen LogP contribution in [0.4, 0.5) is 0 Å². The molecule has 1 heterocycles. The highest BCUT2D eigenvalue weighted by Gasteiger charge is 2.11. The van der Waals surface area contributed by atoms with Gasteiger partial charge in [-0.05, 0) is 36.8 Å². The van der Waals surface area contributed by atoms with Gasteiger partial charge in [0.15, 0.2) is 0 Å². The zero-order chi connectivity index (χ0) is 17.6. The van der Waals surface area contributed by atoms with Crippen molar-refractivity contribution in [1.29, 1.82) is 0 Å². The molecule has 25 heavy (non-hydrogen) atoms. The Bertz CT molecular complexity index is 870. The number of carbonyl (C=O) groups excluding carboxylic acids is 1. The van der Waals surface area contributed by atoms with Crippen molar-refractivity contribution < 1.29 is 9.53 Å². The molecule has 5 nitrogen and oxygen atoms in total. The third-order valence-electron chi connectivity index (χ3n) is 4.07. The van der Waals surface area contributed by atoms with E-state index in [1.54, 1.807) is 0 Å². The number of benzene rings is 2. The number of para-hydroxylation sites is 2. The molecule has 0 saturated heterocycles. The first-order valence-corrected chi connectivity index (χ1v) is 8.57. The van der Waals surface area contributed by atoms with Gasteiger partial charge in [-0.3, -0.25) is 4.79 Å². The number of hydrogen-bond acceptors (Lipinski definition) is 3. The van der Waals surface area contributed by atoms with E-state index in [0.717, 1.165) is 22.6 Å². The first-order valence-electron chi connectivity index (χ1n) is 8.57. The van der Waals surface area contributed by atoms with E-state index in [2.05, 4.69) is 14.9 Å². The van der Waals surface area contributed by atoms with Crippen LogP contribution in [0.25, 0.3) is 11.0 Å². The molecule has 0 fully saturated rings. The number of ether oxygens (including phenoxy) is 1. The van der Waals surface area contributed by atoms with Crippen LogP contribution in [0.5, 0.6) is 5.75 Å². The summed E-state index contributed by atoms with van der Waals surface area (Å²) in [6, 6.07) is 16.0. The van der Waals surface area contributed by atoms with Crippen molar-refractivity contribution in [3.63, 3.8) is 0 Å². The lowest BCUT2D eigenvalue weighted by Crippen LogP contribution is -2.24. The number of hydrogen-bond donors (Lipinski definition) is 1. The number of carbonyl (C=O) groups is 1. The fraction of sp³-hybridized carbons (Fsp3) is 0.300. The number of fused-ring (bicyclic) bond motifs is 1. The number of nitrogens with one attached hydrogen (secondary N) is 1. The largest absolute Gasteiger partial charge is 0.492 e. The van der Waals surface area contributed by atoms with E-state index in [0.29, 0.717) is 26.1 Å². The Kier molecular flexibility index (Phi) is 5.33. The van der Waals surface area contributed by atoms with Gasteiger partial charge < -0.3 is 14.6 Å². The third-order valence-corrected chi connectivity index (χ3v) is 4.07. The average molecular weight is 337 g/mol. The average Bonchev–Trinajstić information content (AvgIpc) is 2.97. The van der Waals surface area contributed by atoms with Crippen LogP contribution in [0, 0.1) is 6.92 Å². The van der Waals surface area contributed by atoms with Crippen molar-refractivity contribution in [2.24, 2.45) is 0 Å². The Morgan fingerprint density at radius 2 is 2.04 bits per heavy atom. The number of nitrogens with zero attached hydrogens (tertiary/aromatic N) is 2. The third kappa shape index (κ3) is 4.18. The van der Waals surface area contributed by atoms with Crippen molar-refractivity contribution in [3.05, 3.63) is 59.9 Å². The smallest absolute Gasteiger partial charge is 0.220 e. The second-order valence-electron chi connectivity index (χ2n) is 5.96. The first-order chi connectivity index (χ1) is 12.2. The molecule has 0 atom stereocenters. The molecule has 130 valence electrons. The quantitative estimate of drug-likeness (QED) is 0.718. The molecule has 0 saturated carbocycles. The van der Waals surface area contributed by atoms with Gasteiger partial charge in [-0.25, -0.2) is 4.98 Å². The molecular weight excluding hydrogens is 314 g/mol. The summed E-state index contributed by atoms with van der Waals surface area (Å²) in [5.41, 5.74) is 3.16. The number of rotatable bonds is 7. The molecule has 2 aromatic carbocycles. The van der Waals surface area contributed by atoms with Crippen LogP contribution in [-0.4, -0.2) is 22.1 Å². The summed E-state index contributed by atoms with van der Waals surface area (Å²) < 4.78 is 7.99. The summed E-state index contributed by atoms with van der Waals surface area (Å²) in [5, 5.41) is 2.90. The summed E-state index contributed by atoms with van der Waals surface area (Å²) in [7, 11) is 0. The van der Waals surface area contributed by atoms with Gasteiger partial charge in [0.05, 0.1) is 24.1 Å². The van der Waals surface area contributed by atoms with Crippen molar-refractivity contribution in [2.75, 3.05) is 6.61 Å². The second kappa shape index (κ2) is 7.83. The molecular formula is C20H23N3O2. The summed E-state index contributed by atoms with van der Waals surface area (Å²) in [5.74, 6) is 1.73. The Morgan fingerprint density at radius 1 is 1.20 bits per heavy atom. The van der Waals surface area contributed by atoms with E-state index in [4.69, 9.17) is 4.74 Å². The van der Waals surface area contributed by atoms with Gasteiger partial charge in [-0.2, -0.15) is 0 Å². The normalized spacial score (nSPS) is 10.8. The van der Waals surface area contributed by atoms with Crippen molar-refractivity contribution >= 4 is 16.9 Å². The summed E-state index contributed by atoms with van der Waals surface area (Å²) in [4.78, 5) is 16.2. The second-order valence-corrected chi connectivity index (χ2v) is 5.96. The number of imidazole rings is 1. The Labute approximate surface area is 147 Å². The van der Waals surface area contributed by atoms with E-state index in [1.165, 1.54) is 5.56 Å². The molecule has 0 bridgehead atoms. The SMILES string of the molecule is CCC(=O)NCc1nc2ccccc2n1CCOc1cccc(C)c1. The Balaban J connectivity index is 1.75. The first kappa shape index (κ1) is 17.0. The van der Waals surface area contributed by atoms with E-state index in [1.807, 2.05) is 62.4 Å². The minimum Gasteiger partial charge on any atom is -0.492 e. The van der Waals surface area contributed by atoms with E-state index >= 15 is 0 Å². The lowest BCUT2D eigenvalue weighted by Gasteiger charge is -2.11. The van der Waals surface area contributed by atoms with Crippen LogP contribution in [-0.2, 0) is 17.9 Å². The maximum absolute atomic E-state index is 11.6. The van der Waals surface area contributed by atoms with Gasteiger partial charge in [0.2, 0.25) is 5.91 Å². The van der Waals surface area contributed by atoms with Gasteiger partial charge in [0.1, 0.15) is 18.2 Å². The molecule has 0 aliphatic carbocycles. The topological polar surface area (TPSA) is 56.2 Å². The van der Waals surface area contributed by atoms with Crippen LogP contribution >= 0.6 is 0 Å². The highest BCUT2D eigenvalue weighted by Crippen LogP contribution is 2.17. The van der Waals surface area contributed by atoms with Gasteiger partial charge in [0, 0.05) is 6.42 Å². The maximum atomic E-state index is 11.6. The molecule has 3 rings (SSSR count). The van der Waals surface area contributed by atoms with Gasteiger partial charge >= 0.3 is 0 Å². The monoisotopic (exact) mass is 337 g/mol. The Hall–Kier alpha value is -2.82. The molecule has 0 unspecified atom stereocenters. The Morgan fingerprint density at radius 3 is 2.84 bits per heavy atom. The highest BCUT2D eigenvalue weighted by molar-refractivity contribution is 5.77. The van der Waals surface area contributed by atoms with E-state index in [-0.39, 0.29) is 5.91 Å². The molecule has 1 N–H and O–H groups in total. The van der Waals surface area contributed by atoms with Gasteiger partial charge in [-0.1, -0.05) is 31.2 Å². The van der Waals surface area contributed by atoms with Gasteiger partial charge in [-0.15, -0.1) is 0 Å². The van der Waals surface area contributed by atoms with Crippen LogP contribution in [0.2, 0.25) is 0 Å². The van der Waals surface area contributed by atoms with Crippen LogP contribution < -0.4 is 10.1 Å². The molecule has 0 radical (unpaired) electrons. The number of aromatic nitrogens is 2. The van der Waals surface area contributed by atoms with Crippen LogP contribution in [0.3, 0.4) is 0 Å². The lowest BCUT2D eigenvalue weighted by atomic mass is 10.2. The van der Waals surface area contributed by atoms with E-state index in [9.17, 15) is 4.79 Å². The predicted octanol–water partition coefficient (Wildman–Crippen LogP) is 3.45. The summed E-state index contributed by atoms with van der Waals surface area (Å²) in [6.07, 6.45) is 0.469. The standard InChI is InChI=1S/C20H23N3O2/c1-3-20(24)21-14-19-22-17-9-4-5-10-18(17)23(19)11-12-25-16-8-6-7-15(2)13-16/h4-10,13H,3,11-12,14H2,1-2H3,(H,21,24). The highest BCUT2D eigenvalue weighted by atomic mass is 16.5. The summed E-state index contributed by atoms with van der Waals surface area (Å²) >= 11 is 0. The van der Waals surface area contributed by atoms with Crippen molar-refractivity contribution in [2.45, 2.75) is 33.4 Å². The predicted molar refractivity (Wildman–Crippen MR) is 98.5 cm³/mol. The van der Waals surface area contributed by atoms with E-state index < -0.39 is 0 Å². The number of aryl methyl sites for hydroxylation is 1. The minimum absolute atomic E-state index is 0.0228. The molecule has 0 aliphatic rings. The fourth-order valence-corrected chi connectivity index (χ4v) is 2.77. The van der Waals surface area contributed by atoms with Gasteiger partial charge in [0.25, 0.3) is 0 Å². The number of amides is 1. The lowest BCUT2D eigenvalue weighted by molar-refractivity contribution is -0.120. The van der Waals surface area contributed by atoms with Crippen molar-refractivity contribution in [1.82, 2.24) is 14.9 Å². The molecule has 5 heteroatoms. The molecule has 1 aromatic heterocycles. The maximum Gasteiger partial charge on any atom is 0.220 e. The minimum atomic E-state index is 0.0228.